The first-order valence-corrected chi connectivity index (χ1v) is 8.56. The van der Waals surface area contributed by atoms with E-state index in [0.717, 1.165) is 56.5 Å². The maximum absolute atomic E-state index is 13.0. The molecule has 0 spiro atoms. The number of nitrogens with one attached hydrogen (secondary N) is 2. The Morgan fingerprint density at radius 1 is 1.35 bits per heavy atom. The van der Waals surface area contributed by atoms with Crippen molar-refractivity contribution in [2.75, 3.05) is 26.7 Å². The fraction of sp³-hybridized carbons (Fsp3) is 0.526. The fourth-order valence-corrected chi connectivity index (χ4v) is 3.74. The minimum atomic E-state index is -0.387. The zero-order chi connectivity index (χ0) is 16.1. The minimum absolute atomic E-state index is 0.169. The smallest absolute Gasteiger partial charge is 0.230 e. The van der Waals surface area contributed by atoms with Crippen LogP contribution in [0.25, 0.3) is 0 Å². The van der Waals surface area contributed by atoms with Gasteiger partial charge in [0.2, 0.25) is 5.91 Å². The highest BCUT2D eigenvalue weighted by Gasteiger charge is 2.42. The second kappa shape index (κ2) is 7.18. The molecule has 0 atom stereocenters. The number of hydrogen-bond donors (Lipinski definition) is 2. The van der Waals surface area contributed by atoms with Crippen LogP contribution in [-0.2, 0) is 10.2 Å². The van der Waals surface area contributed by atoms with Crippen LogP contribution in [0.2, 0.25) is 0 Å². The van der Waals surface area contributed by atoms with Crippen molar-refractivity contribution in [2.24, 2.45) is 0 Å². The van der Waals surface area contributed by atoms with Crippen LogP contribution >= 0.6 is 0 Å². The average Bonchev–Trinajstić information content (AvgIpc) is 3.12. The summed E-state index contributed by atoms with van der Waals surface area (Å²) >= 11 is 0. The summed E-state index contributed by atoms with van der Waals surface area (Å²) in [5.74, 6) is 0.991. The van der Waals surface area contributed by atoms with E-state index in [2.05, 4.69) is 22.8 Å². The van der Waals surface area contributed by atoms with Gasteiger partial charge in [0, 0.05) is 13.1 Å². The van der Waals surface area contributed by atoms with Crippen LogP contribution in [0.3, 0.4) is 0 Å². The molecule has 1 aromatic carbocycles. The first-order chi connectivity index (χ1) is 11.2. The summed E-state index contributed by atoms with van der Waals surface area (Å²) in [5.41, 5.74) is 2.03. The standard InChI is InChI=1S/C19H26N2O2/c1-23-17-6-4-5-16(13-17)19(9-2-3-10-19)18(22)21-14-15-7-11-20-12-8-15/h4-7,13,20H,2-3,8-12,14H2,1H3,(H,21,22). The van der Waals surface area contributed by atoms with Gasteiger partial charge in [0.05, 0.1) is 12.5 Å². The van der Waals surface area contributed by atoms with Gasteiger partial charge in [-0.25, -0.2) is 0 Å². The van der Waals surface area contributed by atoms with Crippen LogP contribution in [-0.4, -0.2) is 32.7 Å². The lowest BCUT2D eigenvalue weighted by Gasteiger charge is -2.29. The molecular weight excluding hydrogens is 288 g/mol. The molecule has 1 aliphatic carbocycles. The van der Waals surface area contributed by atoms with Crippen LogP contribution in [0.15, 0.2) is 35.9 Å². The summed E-state index contributed by atoms with van der Waals surface area (Å²) in [6.07, 6.45) is 7.27. The van der Waals surface area contributed by atoms with Crippen molar-refractivity contribution in [1.29, 1.82) is 0 Å². The highest BCUT2D eigenvalue weighted by Crippen LogP contribution is 2.42. The van der Waals surface area contributed by atoms with Gasteiger partial charge in [-0.1, -0.05) is 36.6 Å². The first kappa shape index (κ1) is 16.1. The second-order valence-corrected chi connectivity index (χ2v) is 6.52. The molecule has 23 heavy (non-hydrogen) atoms. The predicted molar refractivity (Wildman–Crippen MR) is 91.7 cm³/mol. The molecule has 0 bridgehead atoms. The predicted octanol–water partition coefficient (Wildman–Crippen LogP) is 2.54. The monoisotopic (exact) mass is 314 g/mol. The van der Waals surface area contributed by atoms with Gasteiger partial charge in [0.1, 0.15) is 5.75 Å². The number of ether oxygens (including phenoxy) is 1. The van der Waals surface area contributed by atoms with Gasteiger partial charge in [0.25, 0.3) is 0 Å². The van der Waals surface area contributed by atoms with Crippen LogP contribution < -0.4 is 15.4 Å². The van der Waals surface area contributed by atoms with Crippen molar-refractivity contribution in [1.82, 2.24) is 10.6 Å². The fourth-order valence-electron chi connectivity index (χ4n) is 3.74. The third kappa shape index (κ3) is 3.42. The lowest BCUT2D eigenvalue weighted by atomic mass is 9.78. The summed E-state index contributed by atoms with van der Waals surface area (Å²) in [4.78, 5) is 13.0. The molecule has 0 aromatic heterocycles. The van der Waals surface area contributed by atoms with Crippen LogP contribution in [0.5, 0.6) is 5.75 Å². The topological polar surface area (TPSA) is 50.4 Å². The third-order valence-electron chi connectivity index (χ3n) is 5.15. The zero-order valence-electron chi connectivity index (χ0n) is 13.9. The lowest BCUT2D eigenvalue weighted by Crippen LogP contribution is -2.43. The maximum atomic E-state index is 13.0. The Morgan fingerprint density at radius 3 is 2.87 bits per heavy atom. The molecule has 4 nitrogen and oxygen atoms in total. The summed E-state index contributed by atoms with van der Waals surface area (Å²) in [7, 11) is 1.67. The van der Waals surface area contributed by atoms with Crippen LogP contribution in [0.4, 0.5) is 0 Å². The second-order valence-electron chi connectivity index (χ2n) is 6.52. The Kier molecular flexibility index (Phi) is 5.01. The Balaban J connectivity index is 1.76. The van der Waals surface area contributed by atoms with Gasteiger partial charge in [-0.2, -0.15) is 0 Å². The number of benzene rings is 1. The van der Waals surface area contributed by atoms with Gasteiger partial charge >= 0.3 is 0 Å². The number of carbonyl (C=O) groups excluding carboxylic acids is 1. The van der Waals surface area contributed by atoms with Crippen molar-refractivity contribution in [3.05, 3.63) is 41.5 Å². The molecule has 3 rings (SSSR count). The van der Waals surface area contributed by atoms with Gasteiger partial charge in [-0.05, 0) is 43.5 Å². The Morgan fingerprint density at radius 2 is 2.17 bits per heavy atom. The van der Waals surface area contributed by atoms with Crippen LogP contribution in [0, 0.1) is 0 Å². The SMILES string of the molecule is COc1cccc(C2(C(=O)NCC3=CCNCC3)CCCC2)c1. The number of rotatable bonds is 5. The molecular formula is C19H26N2O2. The Bertz CT molecular complexity index is 589. The van der Waals surface area contributed by atoms with Crippen molar-refractivity contribution >= 4 is 5.91 Å². The molecule has 4 heteroatoms. The van der Waals surface area contributed by atoms with Crippen molar-refractivity contribution in [3.63, 3.8) is 0 Å². The van der Waals surface area contributed by atoms with Gasteiger partial charge < -0.3 is 15.4 Å². The Hall–Kier alpha value is -1.81. The van der Waals surface area contributed by atoms with E-state index >= 15 is 0 Å². The molecule has 1 aliphatic heterocycles. The van der Waals surface area contributed by atoms with E-state index < -0.39 is 0 Å². The lowest BCUT2D eigenvalue weighted by molar-refractivity contribution is -0.126. The van der Waals surface area contributed by atoms with Crippen molar-refractivity contribution in [3.8, 4) is 5.75 Å². The largest absolute Gasteiger partial charge is 0.497 e. The molecule has 2 aliphatic rings. The summed E-state index contributed by atoms with van der Waals surface area (Å²) in [5, 5.41) is 6.50. The molecule has 124 valence electrons. The maximum Gasteiger partial charge on any atom is 0.230 e. The molecule has 1 amide bonds. The van der Waals surface area contributed by atoms with E-state index in [0.29, 0.717) is 6.54 Å². The van der Waals surface area contributed by atoms with E-state index in [1.165, 1.54) is 5.57 Å². The van der Waals surface area contributed by atoms with Crippen molar-refractivity contribution < 1.29 is 9.53 Å². The highest BCUT2D eigenvalue weighted by molar-refractivity contribution is 5.88. The Labute approximate surface area is 138 Å². The third-order valence-corrected chi connectivity index (χ3v) is 5.15. The number of methoxy groups -OCH3 is 1. The molecule has 1 saturated carbocycles. The molecule has 0 saturated heterocycles. The summed E-state index contributed by atoms with van der Waals surface area (Å²) in [6.45, 7) is 2.58. The van der Waals surface area contributed by atoms with Crippen LogP contribution in [0.1, 0.15) is 37.7 Å². The zero-order valence-corrected chi connectivity index (χ0v) is 13.9. The molecule has 0 unspecified atom stereocenters. The van der Waals surface area contributed by atoms with E-state index in [9.17, 15) is 4.79 Å². The molecule has 1 aromatic rings. The molecule has 1 fully saturated rings. The number of hydrogen-bond acceptors (Lipinski definition) is 3. The highest BCUT2D eigenvalue weighted by atomic mass is 16.5. The van der Waals surface area contributed by atoms with E-state index in [4.69, 9.17) is 4.74 Å². The summed E-state index contributed by atoms with van der Waals surface area (Å²) in [6, 6.07) is 8.01. The first-order valence-electron chi connectivity index (χ1n) is 8.56. The summed E-state index contributed by atoms with van der Waals surface area (Å²) < 4.78 is 5.35. The number of amides is 1. The number of carbonyl (C=O) groups is 1. The molecule has 2 N–H and O–H groups in total. The van der Waals surface area contributed by atoms with Gasteiger partial charge in [-0.3, -0.25) is 4.79 Å². The van der Waals surface area contributed by atoms with Gasteiger partial charge in [-0.15, -0.1) is 0 Å². The normalized spacial score (nSPS) is 20.0. The minimum Gasteiger partial charge on any atom is -0.497 e. The van der Waals surface area contributed by atoms with Gasteiger partial charge in [0.15, 0.2) is 0 Å². The van der Waals surface area contributed by atoms with E-state index in [1.54, 1.807) is 7.11 Å². The average molecular weight is 314 g/mol. The van der Waals surface area contributed by atoms with E-state index in [1.807, 2.05) is 18.2 Å². The molecule has 1 heterocycles. The molecule has 0 radical (unpaired) electrons. The quantitative estimate of drug-likeness (QED) is 0.821. The van der Waals surface area contributed by atoms with Crippen molar-refractivity contribution in [2.45, 2.75) is 37.5 Å². The van der Waals surface area contributed by atoms with E-state index in [-0.39, 0.29) is 11.3 Å².